The van der Waals surface area contributed by atoms with Crippen LogP contribution in [0.15, 0.2) is 65.7 Å². The van der Waals surface area contributed by atoms with E-state index in [2.05, 4.69) is 10.3 Å². The second-order valence-corrected chi connectivity index (χ2v) is 8.58. The molecule has 2 aromatic heterocycles. The minimum Gasteiger partial charge on any atom is -0.326 e. The van der Waals surface area contributed by atoms with Crippen molar-refractivity contribution in [1.82, 2.24) is 9.55 Å². The van der Waals surface area contributed by atoms with Crippen LogP contribution in [-0.2, 0) is 11.3 Å². The van der Waals surface area contributed by atoms with Gasteiger partial charge >= 0.3 is 0 Å². The van der Waals surface area contributed by atoms with Gasteiger partial charge < -0.3 is 5.32 Å². The number of rotatable bonds is 7. The van der Waals surface area contributed by atoms with Crippen LogP contribution in [0.3, 0.4) is 0 Å². The molecule has 2 aromatic carbocycles. The van der Waals surface area contributed by atoms with E-state index in [-0.39, 0.29) is 23.8 Å². The van der Waals surface area contributed by atoms with Gasteiger partial charge in [-0.2, -0.15) is 0 Å². The first kappa shape index (κ1) is 21.6. The molecule has 0 aliphatic carbocycles. The Kier molecular flexibility index (Phi) is 6.28. The Hall–Kier alpha value is -3.58. The van der Waals surface area contributed by atoms with Crippen molar-refractivity contribution in [3.63, 3.8) is 0 Å². The predicted octanol–water partition coefficient (Wildman–Crippen LogP) is 5.05. The summed E-state index contributed by atoms with van der Waals surface area (Å²) in [4.78, 5) is 43.7. The quantitative estimate of drug-likeness (QED) is 0.404. The number of Topliss-reactive ketones (excluding diaryl/α,β-unsaturated/α-hetero) is 1. The van der Waals surface area contributed by atoms with E-state index in [1.807, 2.05) is 44.2 Å². The average Bonchev–Trinajstić information content (AvgIpc) is 3.14. The van der Waals surface area contributed by atoms with Crippen LogP contribution in [-0.4, -0.2) is 21.2 Å². The van der Waals surface area contributed by atoms with Crippen LogP contribution in [0.1, 0.15) is 35.7 Å². The maximum atomic E-state index is 13.1. The Morgan fingerprint density at radius 1 is 1.06 bits per heavy atom. The van der Waals surface area contributed by atoms with Crippen LogP contribution in [0.25, 0.3) is 20.7 Å². The number of carbonyl (C=O) groups is 2. The van der Waals surface area contributed by atoms with Crippen molar-refractivity contribution in [3.05, 3.63) is 82.4 Å². The summed E-state index contributed by atoms with van der Waals surface area (Å²) in [5.74, 6) is -0.255. The fourth-order valence-corrected chi connectivity index (χ4v) is 4.72. The molecule has 2 heterocycles. The number of fused-ring (bicyclic) bond motifs is 1. The van der Waals surface area contributed by atoms with Gasteiger partial charge in [-0.15, -0.1) is 11.3 Å². The average molecular weight is 446 g/mol. The molecule has 4 aromatic rings. The van der Waals surface area contributed by atoms with Gasteiger partial charge in [0.1, 0.15) is 4.83 Å². The summed E-state index contributed by atoms with van der Waals surface area (Å²) in [6.07, 6.45) is 2.66. The van der Waals surface area contributed by atoms with Gasteiger partial charge in [-0.3, -0.25) is 19.0 Å². The van der Waals surface area contributed by atoms with Crippen molar-refractivity contribution in [2.45, 2.75) is 33.2 Å². The van der Waals surface area contributed by atoms with Crippen molar-refractivity contribution >= 4 is 38.9 Å². The number of nitrogens with one attached hydrogen (secondary N) is 1. The monoisotopic (exact) mass is 445 g/mol. The highest BCUT2D eigenvalue weighted by atomic mass is 32.1. The number of amides is 1. The number of ketones is 1. The second kappa shape index (κ2) is 9.28. The zero-order chi connectivity index (χ0) is 22.7. The minimum absolute atomic E-state index is 0.0569. The molecule has 1 amide bonds. The van der Waals surface area contributed by atoms with Gasteiger partial charge in [0.25, 0.3) is 5.56 Å². The Morgan fingerprint density at radius 3 is 2.47 bits per heavy atom. The van der Waals surface area contributed by atoms with Gasteiger partial charge in [0, 0.05) is 22.5 Å². The minimum atomic E-state index is -0.220. The number of hydrogen-bond acceptors (Lipinski definition) is 5. The Bertz CT molecular complexity index is 1340. The number of thiophene rings is 1. The molecule has 6 nitrogen and oxygen atoms in total. The molecular formula is C25H23N3O3S. The van der Waals surface area contributed by atoms with Crippen molar-refractivity contribution < 1.29 is 9.59 Å². The van der Waals surface area contributed by atoms with Crippen LogP contribution < -0.4 is 10.9 Å². The maximum Gasteiger partial charge on any atom is 0.262 e. The third-order valence-electron chi connectivity index (χ3n) is 5.23. The summed E-state index contributed by atoms with van der Waals surface area (Å²) < 4.78 is 1.36. The lowest BCUT2D eigenvalue weighted by Gasteiger charge is -2.07. The topological polar surface area (TPSA) is 81.1 Å². The lowest BCUT2D eigenvalue weighted by molar-refractivity contribution is -0.116. The Morgan fingerprint density at radius 2 is 1.78 bits per heavy atom. The van der Waals surface area contributed by atoms with Crippen LogP contribution in [0.4, 0.5) is 5.69 Å². The van der Waals surface area contributed by atoms with Crippen LogP contribution in [0, 0.1) is 6.92 Å². The van der Waals surface area contributed by atoms with E-state index < -0.39 is 0 Å². The SMILES string of the molecule is CCCC(=O)Nc1ccc(C(=O)Cn2cnc3sc(-c4ccccc4)c(C)c3c2=O)cc1. The molecule has 162 valence electrons. The van der Waals surface area contributed by atoms with E-state index in [4.69, 9.17) is 0 Å². The van der Waals surface area contributed by atoms with Crippen molar-refractivity contribution in [2.75, 3.05) is 5.32 Å². The Balaban J connectivity index is 1.57. The number of anilines is 1. The number of carbonyl (C=O) groups excluding carboxylic acids is 2. The second-order valence-electron chi connectivity index (χ2n) is 7.58. The molecule has 4 rings (SSSR count). The number of benzene rings is 2. The maximum absolute atomic E-state index is 13.1. The van der Waals surface area contributed by atoms with Crippen LogP contribution in [0.2, 0.25) is 0 Å². The summed E-state index contributed by atoms with van der Waals surface area (Å²) in [5, 5.41) is 3.35. The van der Waals surface area contributed by atoms with Crippen molar-refractivity contribution in [3.8, 4) is 10.4 Å². The third kappa shape index (κ3) is 4.38. The van der Waals surface area contributed by atoms with Gasteiger partial charge in [-0.1, -0.05) is 37.3 Å². The largest absolute Gasteiger partial charge is 0.326 e. The Labute approximate surface area is 189 Å². The van der Waals surface area contributed by atoms with Gasteiger partial charge in [-0.05, 0) is 48.7 Å². The zero-order valence-electron chi connectivity index (χ0n) is 17.9. The molecule has 0 fully saturated rings. The number of nitrogens with zero attached hydrogens (tertiary/aromatic N) is 2. The smallest absolute Gasteiger partial charge is 0.262 e. The first-order valence-electron chi connectivity index (χ1n) is 10.4. The highest BCUT2D eigenvalue weighted by Crippen LogP contribution is 2.35. The van der Waals surface area contributed by atoms with E-state index in [9.17, 15) is 14.4 Å². The highest BCUT2D eigenvalue weighted by molar-refractivity contribution is 7.22. The summed E-state index contributed by atoms with van der Waals surface area (Å²) in [6, 6.07) is 16.6. The molecule has 0 unspecified atom stereocenters. The first-order valence-corrected chi connectivity index (χ1v) is 11.3. The lowest BCUT2D eigenvalue weighted by atomic mass is 10.1. The molecular weight excluding hydrogens is 422 g/mol. The normalized spacial score (nSPS) is 10.9. The standard InChI is InChI=1S/C25H23N3O3S/c1-3-7-21(30)27-19-12-10-17(11-13-19)20(29)14-28-15-26-24-22(25(28)31)16(2)23(32-24)18-8-5-4-6-9-18/h4-6,8-13,15H,3,7,14H2,1-2H3,(H,27,30). The van der Waals surface area contributed by atoms with Gasteiger partial charge in [-0.25, -0.2) is 4.98 Å². The van der Waals surface area contributed by atoms with E-state index >= 15 is 0 Å². The molecule has 0 aliphatic rings. The van der Waals surface area contributed by atoms with Gasteiger partial charge in [0.05, 0.1) is 18.3 Å². The molecule has 0 saturated heterocycles. The number of aromatic nitrogens is 2. The zero-order valence-corrected chi connectivity index (χ0v) is 18.7. The molecule has 0 bridgehead atoms. The summed E-state index contributed by atoms with van der Waals surface area (Å²) >= 11 is 1.48. The van der Waals surface area contributed by atoms with Crippen LogP contribution >= 0.6 is 11.3 Å². The summed E-state index contributed by atoms with van der Waals surface area (Å²) in [7, 11) is 0. The first-order chi connectivity index (χ1) is 15.5. The van der Waals surface area contributed by atoms with E-state index in [1.165, 1.54) is 22.2 Å². The number of aryl methyl sites for hydroxylation is 1. The molecule has 0 saturated carbocycles. The fraction of sp³-hybridized carbons (Fsp3) is 0.200. The third-order valence-corrected chi connectivity index (χ3v) is 6.48. The van der Waals surface area contributed by atoms with Crippen molar-refractivity contribution in [1.29, 1.82) is 0 Å². The molecule has 1 N–H and O–H groups in total. The molecule has 0 aliphatic heterocycles. The van der Waals surface area contributed by atoms with Crippen LogP contribution in [0.5, 0.6) is 0 Å². The summed E-state index contributed by atoms with van der Waals surface area (Å²) in [5.41, 5.74) is 2.81. The number of hydrogen-bond donors (Lipinski definition) is 1. The lowest BCUT2D eigenvalue weighted by Crippen LogP contribution is -2.24. The van der Waals surface area contributed by atoms with E-state index in [0.717, 1.165) is 22.4 Å². The predicted molar refractivity (Wildman–Crippen MR) is 128 cm³/mol. The fourth-order valence-electron chi connectivity index (χ4n) is 3.57. The molecule has 0 atom stereocenters. The highest BCUT2D eigenvalue weighted by Gasteiger charge is 2.17. The molecule has 0 radical (unpaired) electrons. The molecule has 32 heavy (non-hydrogen) atoms. The van der Waals surface area contributed by atoms with E-state index in [1.54, 1.807) is 24.3 Å². The van der Waals surface area contributed by atoms with Gasteiger partial charge in [0.15, 0.2) is 5.78 Å². The summed E-state index contributed by atoms with van der Waals surface area (Å²) in [6.45, 7) is 3.76. The van der Waals surface area contributed by atoms with E-state index in [0.29, 0.717) is 27.9 Å². The molecule has 7 heteroatoms. The molecule has 0 spiro atoms. The van der Waals surface area contributed by atoms with Gasteiger partial charge in [0.2, 0.25) is 5.91 Å². The van der Waals surface area contributed by atoms with Crippen molar-refractivity contribution in [2.24, 2.45) is 0 Å².